The van der Waals surface area contributed by atoms with Gasteiger partial charge >= 0.3 is 6.09 Å². The molecule has 0 saturated carbocycles. The number of nitrogens with one attached hydrogen (secondary N) is 2. The Labute approximate surface area is 162 Å². The van der Waals surface area contributed by atoms with Crippen molar-refractivity contribution in [3.05, 3.63) is 72.7 Å². The highest BCUT2D eigenvalue weighted by Gasteiger charge is 2.15. The number of carbonyl (C=O) groups excluding carboxylic acids is 1. The molecule has 0 saturated heterocycles. The van der Waals surface area contributed by atoms with E-state index in [2.05, 4.69) is 24.7 Å². The van der Waals surface area contributed by atoms with Crippen LogP contribution in [0.2, 0.25) is 0 Å². The summed E-state index contributed by atoms with van der Waals surface area (Å²) in [6.45, 7) is 0.0720. The van der Waals surface area contributed by atoms with Gasteiger partial charge in [-0.15, -0.1) is 0 Å². The largest absolute Gasteiger partial charge is 0.453 e. The summed E-state index contributed by atoms with van der Waals surface area (Å²) in [4.78, 5) is 19.7. The number of carbonyl (C=O) groups is 1. The van der Waals surface area contributed by atoms with Gasteiger partial charge in [0.05, 0.1) is 17.7 Å². The minimum Gasteiger partial charge on any atom is -0.453 e. The molecule has 0 spiro atoms. The summed E-state index contributed by atoms with van der Waals surface area (Å²) < 4.78 is 32.2. The number of methoxy groups -OCH3 is 1. The van der Waals surface area contributed by atoms with Crippen LogP contribution in [0.25, 0.3) is 11.3 Å². The van der Waals surface area contributed by atoms with Crippen molar-refractivity contribution in [2.75, 3.05) is 12.4 Å². The maximum atomic E-state index is 12.6. The molecule has 0 atom stereocenters. The van der Waals surface area contributed by atoms with Gasteiger partial charge in [-0.05, 0) is 48.0 Å². The molecule has 144 valence electrons. The average molecular weight is 398 g/mol. The average Bonchev–Trinajstić information content (AvgIpc) is 2.73. The zero-order valence-electron chi connectivity index (χ0n) is 15.0. The van der Waals surface area contributed by atoms with Gasteiger partial charge in [0.25, 0.3) is 0 Å². The molecular weight excluding hydrogens is 380 g/mol. The Morgan fingerprint density at radius 2 is 1.82 bits per heavy atom. The summed E-state index contributed by atoms with van der Waals surface area (Å²) in [7, 11) is -2.50. The van der Waals surface area contributed by atoms with Crippen LogP contribution in [-0.4, -0.2) is 31.6 Å². The molecule has 3 aromatic rings. The Morgan fingerprint density at radius 1 is 1.07 bits per heavy atom. The van der Waals surface area contributed by atoms with Crippen molar-refractivity contribution in [3.8, 4) is 11.3 Å². The first-order valence-corrected chi connectivity index (χ1v) is 9.77. The molecule has 2 aromatic heterocycles. The number of amides is 1. The number of hydrogen-bond donors (Lipinski definition) is 2. The van der Waals surface area contributed by atoms with Crippen molar-refractivity contribution in [2.45, 2.75) is 11.4 Å². The van der Waals surface area contributed by atoms with Gasteiger partial charge in [-0.25, -0.2) is 17.9 Å². The summed E-state index contributed by atoms with van der Waals surface area (Å²) in [6, 6.07) is 13.0. The van der Waals surface area contributed by atoms with Crippen molar-refractivity contribution < 1.29 is 17.9 Å². The summed E-state index contributed by atoms with van der Waals surface area (Å²) >= 11 is 0. The molecule has 1 aromatic carbocycles. The monoisotopic (exact) mass is 398 g/mol. The fourth-order valence-electron chi connectivity index (χ4n) is 2.49. The molecule has 9 heteroatoms. The van der Waals surface area contributed by atoms with E-state index in [1.165, 1.54) is 31.4 Å². The topological polar surface area (TPSA) is 110 Å². The number of hydrogen-bond acceptors (Lipinski definition) is 6. The zero-order chi connectivity index (χ0) is 20.0. The molecular formula is C19H18N4O4S. The van der Waals surface area contributed by atoms with Crippen LogP contribution in [0.15, 0.2) is 72.0 Å². The van der Waals surface area contributed by atoms with Crippen molar-refractivity contribution >= 4 is 21.8 Å². The Morgan fingerprint density at radius 3 is 2.50 bits per heavy atom. The fraction of sp³-hybridized carbons (Fsp3) is 0.105. The molecule has 2 N–H and O–H groups in total. The lowest BCUT2D eigenvalue weighted by Crippen LogP contribution is -2.23. The third-order valence-electron chi connectivity index (χ3n) is 3.88. The predicted molar refractivity (Wildman–Crippen MR) is 104 cm³/mol. The van der Waals surface area contributed by atoms with Crippen LogP contribution in [0, 0.1) is 0 Å². The fourth-order valence-corrected chi connectivity index (χ4v) is 3.49. The Balaban J connectivity index is 1.75. The Hall–Kier alpha value is -3.30. The third-order valence-corrected chi connectivity index (χ3v) is 5.29. The summed E-state index contributed by atoms with van der Waals surface area (Å²) in [6.07, 6.45) is 4.35. The molecule has 28 heavy (non-hydrogen) atoms. The number of sulfonamides is 1. The van der Waals surface area contributed by atoms with E-state index in [-0.39, 0.29) is 11.4 Å². The van der Waals surface area contributed by atoms with Gasteiger partial charge in [-0.2, -0.15) is 0 Å². The van der Waals surface area contributed by atoms with Crippen LogP contribution in [0.1, 0.15) is 5.56 Å². The number of anilines is 1. The van der Waals surface area contributed by atoms with E-state index in [1.54, 1.807) is 36.8 Å². The molecule has 0 aliphatic rings. The number of benzene rings is 1. The molecule has 1 amide bonds. The maximum Gasteiger partial charge on any atom is 0.411 e. The SMILES string of the molecule is COC(=O)Nc1ccc(S(=O)(=O)NCc2cccnc2-c2cccnc2)cc1. The van der Waals surface area contributed by atoms with Crippen molar-refractivity contribution in [3.63, 3.8) is 0 Å². The Kier molecular flexibility index (Phi) is 5.97. The molecule has 3 rings (SSSR count). The maximum absolute atomic E-state index is 12.6. The molecule has 0 fully saturated rings. The molecule has 0 unspecified atom stereocenters. The lowest BCUT2D eigenvalue weighted by molar-refractivity contribution is 0.187. The zero-order valence-corrected chi connectivity index (χ0v) is 15.8. The lowest BCUT2D eigenvalue weighted by atomic mass is 10.1. The standard InChI is InChI=1S/C19H18N4O4S/c1-27-19(24)23-16-6-8-17(9-7-16)28(25,26)22-13-15-5-3-11-21-18(15)14-4-2-10-20-12-14/h2-12,22H,13H2,1H3,(H,23,24). The van der Waals surface area contributed by atoms with Gasteiger partial charge in [-0.3, -0.25) is 15.3 Å². The number of aromatic nitrogens is 2. The molecule has 0 aliphatic carbocycles. The molecule has 0 bridgehead atoms. The van der Waals surface area contributed by atoms with Gasteiger partial charge in [0.2, 0.25) is 10.0 Å². The van der Waals surface area contributed by atoms with Crippen LogP contribution in [-0.2, 0) is 21.3 Å². The summed E-state index contributed by atoms with van der Waals surface area (Å²) in [5.74, 6) is 0. The van der Waals surface area contributed by atoms with Gasteiger partial charge in [-0.1, -0.05) is 6.07 Å². The first-order valence-electron chi connectivity index (χ1n) is 8.28. The van der Waals surface area contributed by atoms with E-state index in [4.69, 9.17) is 0 Å². The smallest absolute Gasteiger partial charge is 0.411 e. The van der Waals surface area contributed by atoms with E-state index in [9.17, 15) is 13.2 Å². The van der Waals surface area contributed by atoms with Crippen LogP contribution < -0.4 is 10.0 Å². The first-order chi connectivity index (χ1) is 13.5. The van der Waals surface area contributed by atoms with Crippen LogP contribution in [0.3, 0.4) is 0 Å². The van der Waals surface area contributed by atoms with Crippen molar-refractivity contribution in [1.29, 1.82) is 0 Å². The van der Waals surface area contributed by atoms with Gasteiger partial charge in [0, 0.05) is 36.4 Å². The summed E-state index contributed by atoms with van der Waals surface area (Å²) in [5.41, 5.74) is 2.62. The van der Waals surface area contributed by atoms with Crippen LogP contribution in [0.4, 0.5) is 10.5 Å². The number of pyridine rings is 2. The normalized spacial score (nSPS) is 11.0. The van der Waals surface area contributed by atoms with E-state index < -0.39 is 16.1 Å². The predicted octanol–water partition coefficient (Wildman–Crippen LogP) is 2.80. The van der Waals surface area contributed by atoms with Crippen LogP contribution in [0.5, 0.6) is 0 Å². The van der Waals surface area contributed by atoms with Crippen LogP contribution >= 0.6 is 0 Å². The minimum absolute atomic E-state index is 0.0720. The second-order valence-electron chi connectivity index (χ2n) is 5.72. The van der Waals surface area contributed by atoms with E-state index in [0.29, 0.717) is 11.4 Å². The second-order valence-corrected chi connectivity index (χ2v) is 7.49. The van der Waals surface area contributed by atoms with E-state index in [1.807, 2.05) is 6.07 Å². The first kappa shape index (κ1) is 19.5. The number of ether oxygens (including phenoxy) is 1. The van der Waals surface area contributed by atoms with Gasteiger partial charge < -0.3 is 4.74 Å². The highest BCUT2D eigenvalue weighted by Crippen LogP contribution is 2.21. The minimum atomic E-state index is -3.75. The third kappa shape index (κ3) is 4.70. The molecule has 8 nitrogen and oxygen atoms in total. The number of nitrogens with zero attached hydrogens (tertiary/aromatic N) is 2. The Bertz CT molecular complexity index is 1050. The molecule has 0 aliphatic heterocycles. The second kappa shape index (κ2) is 8.59. The van der Waals surface area contributed by atoms with Gasteiger partial charge in [0.1, 0.15) is 0 Å². The van der Waals surface area contributed by atoms with Crippen molar-refractivity contribution in [1.82, 2.24) is 14.7 Å². The summed E-state index contributed by atoms with van der Waals surface area (Å²) in [5, 5.41) is 2.46. The molecule has 2 heterocycles. The highest BCUT2D eigenvalue weighted by molar-refractivity contribution is 7.89. The highest BCUT2D eigenvalue weighted by atomic mass is 32.2. The quantitative estimate of drug-likeness (QED) is 0.661. The van der Waals surface area contributed by atoms with E-state index in [0.717, 1.165) is 11.1 Å². The lowest BCUT2D eigenvalue weighted by Gasteiger charge is -2.11. The number of rotatable bonds is 6. The van der Waals surface area contributed by atoms with Gasteiger partial charge in [0.15, 0.2) is 0 Å². The van der Waals surface area contributed by atoms with Crippen molar-refractivity contribution in [2.24, 2.45) is 0 Å². The van der Waals surface area contributed by atoms with E-state index >= 15 is 0 Å². The molecule has 0 radical (unpaired) electrons.